The molecule has 6 heteroatoms. The Morgan fingerprint density at radius 3 is 2.95 bits per heavy atom. The van der Waals surface area contributed by atoms with Crippen molar-refractivity contribution in [2.75, 3.05) is 6.54 Å². The van der Waals surface area contributed by atoms with E-state index in [2.05, 4.69) is 10.6 Å². The van der Waals surface area contributed by atoms with Crippen molar-refractivity contribution in [3.63, 3.8) is 0 Å². The first kappa shape index (κ1) is 17.0. The van der Waals surface area contributed by atoms with E-state index in [4.69, 9.17) is 11.6 Å². The largest absolute Gasteiger partial charge is 0.393 e. The van der Waals surface area contributed by atoms with E-state index in [1.54, 1.807) is 6.07 Å². The molecule has 0 heterocycles. The Morgan fingerprint density at radius 1 is 1.50 bits per heavy atom. The van der Waals surface area contributed by atoms with Crippen LogP contribution in [0.1, 0.15) is 44.2 Å². The summed E-state index contributed by atoms with van der Waals surface area (Å²) in [6.07, 6.45) is 3.37. The number of carbonyl (C=O) groups is 1. The molecule has 3 atom stereocenters. The van der Waals surface area contributed by atoms with E-state index in [1.165, 1.54) is 12.1 Å². The summed E-state index contributed by atoms with van der Waals surface area (Å²) in [6.45, 7) is 2.37. The van der Waals surface area contributed by atoms with Crippen molar-refractivity contribution in [3.8, 4) is 0 Å². The molecule has 3 unspecified atom stereocenters. The number of nitrogens with one attached hydrogen (secondary N) is 2. The van der Waals surface area contributed by atoms with Crippen LogP contribution >= 0.6 is 11.6 Å². The average molecular weight is 329 g/mol. The maximum Gasteiger partial charge on any atom is 0.315 e. The first-order chi connectivity index (χ1) is 10.5. The molecule has 1 fully saturated rings. The van der Waals surface area contributed by atoms with Gasteiger partial charge in [-0.3, -0.25) is 0 Å². The zero-order valence-electron chi connectivity index (χ0n) is 12.6. The first-order valence-corrected chi connectivity index (χ1v) is 8.01. The standard InChI is InChI=1S/C16H22ClFN2O2/c1-10(12-5-6-15(18)14(17)8-12)20-16(22)19-9-11-3-2-4-13(21)7-11/h5-6,8,10-11,13,21H,2-4,7,9H2,1H3,(H2,19,20,22). The number of halogens is 2. The Labute approximate surface area is 135 Å². The van der Waals surface area contributed by atoms with Crippen LogP contribution in [0.15, 0.2) is 18.2 Å². The molecule has 1 aromatic carbocycles. The van der Waals surface area contributed by atoms with E-state index >= 15 is 0 Å². The second-order valence-electron chi connectivity index (χ2n) is 5.94. The summed E-state index contributed by atoms with van der Waals surface area (Å²) in [6, 6.07) is 3.86. The SMILES string of the molecule is CC(NC(=O)NCC1CCCC(O)C1)c1ccc(F)c(Cl)c1. The molecule has 0 radical (unpaired) electrons. The Balaban J connectivity index is 1.79. The summed E-state index contributed by atoms with van der Waals surface area (Å²) in [5.74, 6) is -0.150. The lowest BCUT2D eigenvalue weighted by Crippen LogP contribution is -2.40. The highest BCUT2D eigenvalue weighted by atomic mass is 35.5. The number of aliphatic hydroxyl groups excluding tert-OH is 1. The van der Waals surface area contributed by atoms with Gasteiger partial charge in [0.15, 0.2) is 0 Å². The summed E-state index contributed by atoms with van der Waals surface area (Å²) < 4.78 is 13.1. The van der Waals surface area contributed by atoms with Gasteiger partial charge in [-0.1, -0.05) is 24.1 Å². The third-order valence-electron chi connectivity index (χ3n) is 4.10. The van der Waals surface area contributed by atoms with E-state index in [1.807, 2.05) is 6.92 Å². The van der Waals surface area contributed by atoms with Crippen LogP contribution in [0.25, 0.3) is 0 Å². The zero-order chi connectivity index (χ0) is 16.1. The molecule has 0 aliphatic heterocycles. The third kappa shape index (κ3) is 4.85. The molecule has 22 heavy (non-hydrogen) atoms. The van der Waals surface area contributed by atoms with E-state index in [-0.39, 0.29) is 23.2 Å². The summed E-state index contributed by atoms with van der Waals surface area (Å²) >= 11 is 5.74. The van der Waals surface area contributed by atoms with Gasteiger partial charge in [0, 0.05) is 6.54 Å². The van der Waals surface area contributed by atoms with Gasteiger partial charge in [0.1, 0.15) is 5.82 Å². The van der Waals surface area contributed by atoms with Crippen molar-refractivity contribution < 1.29 is 14.3 Å². The lowest BCUT2D eigenvalue weighted by molar-refractivity contribution is 0.101. The lowest BCUT2D eigenvalue weighted by atomic mass is 9.87. The molecule has 1 aromatic rings. The molecule has 0 aromatic heterocycles. The van der Waals surface area contributed by atoms with Crippen LogP contribution in [0.5, 0.6) is 0 Å². The number of hydrogen-bond acceptors (Lipinski definition) is 2. The predicted octanol–water partition coefficient (Wildman–Crippen LogP) is 3.39. The monoisotopic (exact) mass is 328 g/mol. The van der Waals surface area contributed by atoms with Gasteiger partial charge >= 0.3 is 6.03 Å². The van der Waals surface area contributed by atoms with Crippen molar-refractivity contribution in [3.05, 3.63) is 34.6 Å². The normalized spacial score (nSPS) is 22.9. The summed E-state index contributed by atoms with van der Waals surface area (Å²) in [5, 5.41) is 15.3. The average Bonchev–Trinajstić information content (AvgIpc) is 2.48. The molecule has 122 valence electrons. The van der Waals surface area contributed by atoms with E-state index < -0.39 is 5.82 Å². The number of aliphatic hydroxyl groups is 1. The Bertz CT molecular complexity index is 527. The summed E-state index contributed by atoms with van der Waals surface area (Å²) in [4.78, 5) is 11.9. The predicted molar refractivity (Wildman–Crippen MR) is 84.3 cm³/mol. The van der Waals surface area contributed by atoms with Crippen LogP contribution in [0.4, 0.5) is 9.18 Å². The maximum atomic E-state index is 13.1. The quantitative estimate of drug-likeness (QED) is 0.793. The van der Waals surface area contributed by atoms with E-state index in [9.17, 15) is 14.3 Å². The fourth-order valence-electron chi connectivity index (χ4n) is 2.80. The molecule has 2 amide bonds. The highest BCUT2D eigenvalue weighted by Crippen LogP contribution is 2.23. The molecule has 1 saturated carbocycles. The molecule has 2 rings (SSSR count). The summed E-state index contributed by atoms with van der Waals surface area (Å²) in [5.41, 5.74) is 0.745. The fraction of sp³-hybridized carbons (Fsp3) is 0.562. The minimum atomic E-state index is -0.474. The van der Waals surface area contributed by atoms with E-state index in [0.29, 0.717) is 12.5 Å². The molecule has 1 aliphatic rings. The van der Waals surface area contributed by atoms with Gasteiger partial charge in [-0.05, 0) is 49.8 Å². The van der Waals surface area contributed by atoms with Gasteiger partial charge in [-0.25, -0.2) is 9.18 Å². The second kappa shape index (κ2) is 7.79. The number of urea groups is 1. The minimum absolute atomic E-state index is 0.0442. The maximum absolute atomic E-state index is 13.1. The van der Waals surface area contributed by atoms with Crippen LogP contribution in [-0.4, -0.2) is 23.8 Å². The zero-order valence-corrected chi connectivity index (χ0v) is 13.4. The summed E-state index contributed by atoms with van der Waals surface area (Å²) in [7, 11) is 0. The number of benzene rings is 1. The number of hydrogen-bond donors (Lipinski definition) is 3. The lowest BCUT2D eigenvalue weighted by Gasteiger charge is -2.26. The molecular formula is C16H22ClFN2O2. The Kier molecular flexibility index (Phi) is 6.03. The van der Waals surface area contributed by atoms with Crippen molar-refractivity contribution in [2.24, 2.45) is 5.92 Å². The van der Waals surface area contributed by atoms with Gasteiger partial charge in [0.25, 0.3) is 0 Å². The van der Waals surface area contributed by atoms with Crippen LogP contribution in [0.2, 0.25) is 5.02 Å². The van der Waals surface area contributed by atoms with Crippen molar-refractivity contribution in [1.82, 2.24) is 10.6 Å². The van der Waals surface area contributed by atoms with Crippen molar-refractivity contribution in [1.29, 1.82) is 0 Å². The highest BCUT2D eigenvalue weighted by molar-refractivity contribution is 6.30. The van der Waals surface area contributed by atoms with Gasteiger partial charge < -0.3 is 15.7 Å². The topological polar surface area (TPSA) is 61.4 Å². The second-order valence-corrected chi connectivity index (χ2v) is 6.34. The van der Waals surface area contributed by atoms with Crippen LogP contribution in [0.3, 0.4) is 0 Å². The molecular weight excluding hydrogens is 307 g/mol. The van der Waals surface area contributed by atoms with Crippen molar-refractivity contribution in [2.45, 2.75) is 44.8 Å². The molecule has 0 saturated heterocycles. The molecule has 3 N–H and O–H groups in total. The third-order valence-corrected chi connectivity index (χ3v) is 4.39. The minimum Gasteiger partial charge on any atom is -0.393 e. The Hall–Kier alpha value is -1.33. The molecule has 0 bridgehead atoms. The van der Waals surface area contributed by atoms with Gasteiger partial charge in [-0.15, -0.1) is 0 Å². The Morgan fingerprint density at radius 2 is 2.27 bits per heavy atom. The highest BCUT2D eigenvalue weighted by Gasteiger charge is 2.20. The number of carbonyl (C=O) groups excluding carboxylic acids is 1. The van der Waals surface area contributed by atoms with Crippen LogP contribution < -0.4 is 10.6 Å². The number of amides is 2. The molecule has 1 aliphatic carbocycles. The fourth-order valence-corrected chi connectivity index (χ4v) is 2.99. The van der Waals surface area contributed by atoms with Crippen molar-refractivity contribution >= 4 is 17.6 Å². The smallest absolute Gasteiger partial charge is 0.315 e. The van der Waals surface area contributed by atoms with E-state index in [0.717, 1.165) is 31.2 Å². The molecule has 4 nitrogen and oxygen atoms in total. The number of rotatable bonds is 4. The van der Waals surface area contributed by atoms with Crippen LogP contribution in [0, 0.1) is 11.7 Å². The molecule has 0 spiro atoms. The van der Waals surface area contributed by atoms with Gasteiger partial charge in [0.2, 0.25) is 0 Å². The van der Waals surface area contributed by atoms with Crippen LogP contribution in [-0.2, 0) is 0 Å². The van der Waals surface area contributed by atoms with Gasteiger partial charge in [-0.2, -0.15) is 0 Å². The first-order valence-electron chi connectivity index (χ1n) is 7.63. The van der Waals surface area contributed by atoms with Gasteiger partial charge in [0.05, 0.1) is 17.2 Å².